The van der Waals surface area contributed by atoms with Gasteiger partial charge in [0.05, 0.1) is 19.8 Å². The Hall–Kier alpha value is -1.24. The molecular weight excluding hydrogens is 465 g/mol. The Kier molecular flexibility index (Phi) is 20.0. The molecule has 0 bridgehead atoms. The maximum absolute atomic E-state index is 11.8. The summed E-state index contributed by atoms with van der Waals surface area (Å²) in [4.78, 5) is 21.7. The van der Waals surface area contributed by atoms with E-state index in [0.717, 1.165) is 24.3 Å². The Balaban J connectivity index is 2.29. The summed E-state index contributed by atoms with van der Waals surface area (Å²) in [5.74, 6) is 0.549. The lowest BCUT2D eigenvalue weighted by molar-refractivity contribution is -0.150. The first-order valence-corrected chi connectivity index (χ1v) is 14.5. The smallest absolute Gasteiger partial charge is 0.330 e. The molecule has 0 amide bonds. The summed E-state index contributed by atoms with van der Waals surface area (Å²) in [5.41, 5.74) is 1.01. The van der Waals surface area contributed by atoms with Crippen molar-refractivity contribution in [3.63, 3.8) is 0 Å². The van der Waals surface area contributed by atoms with Gasteiger partial charge in [0.15, 0.2) is 0 Å². The number of ether oxygens (including phenoxy) is 2. The SMILES string of the molecule is CCCCCCCCCCCCOc1ccc(CC(COP(O)OCCNC)OC(=O)CC)cc1. The summed E-state index contributed by atoms with van der Waals surface area (Å²) in [5, 5.41) is 2.93. The Morgan fingerprint density at radius 3 is 2.14 bits per heavy atom. The highest BCUT2D eigenvalue weighted by Gasteiger charge is 2.18. The predicted molar refractivity (Wildman–Crippen MR) is 143 cm³/mol. The van der Waals surface area contributed by atoms with Crippen molar-refractivity contribution in [3.8, 4) is 5.75 Å². The zero-order valence-corrected chi connectivity index (χ0v) is 23.0. The van der Waals surface area contributed by atoms with Crippen molar-refractivity contribution in [3.05, 3.63) is 29.8 Å². The highest BCUT2D eigenvalue weighted by Crippen LogP contribution is 2.33. The normalized spacial score (nSPS) is 12.9. The highest BCUT2D eigenvalue weighted by molar-refractivity contribution is 7.40. The topological polar surface area (TPSA) is 86.2 Å². The maximum atomic E-state index is 11.8. The lowest BCUT2D eigenvalue weighted by Crippen LogP contribution is -2.25. The molecule has 2 unspecified atom stereocenters. The van der Waals surface area contributed by atoms with Crippen molar-refractivity contribution in [1.29, 1.82) is 0 Å². The van der Waals surface area contributed by atoms with E-state index in [2.05, 4.69) is 12.2 Å². The van der Waals surface area contributed by atoms with Gasteiger partial charge in [-0.05, 0) is 31.2 Å². The number of esters is 1. The molecule has 0 aromatic heterocycles. The quantitative estimate of drug-likeness (QED) is 0.101. The second-order valence-corrected chi connectivity index (χ2v) is 9.81. The van der Waals surface area contributed by atoms with Crippen LogP contribution in [0.25, 0.3) is 0 Å². The van der Waals surface area contributed by atoms with Gasteiger partial charge in [0.25, 0.3) is 0 Å². The molecule has 1 aromatic rings. The standard InChI is InChI=1S/C27H48NO6P/c1-4-6-7-8-9-10-11-12-13-14-20-31-25-17-15-24(16-18-25)22-26(34-27(29)5-2)23-33-35(30)32-21-19-28-3/h15-18,26,28,30H,4-14,19-23H2,1-3H3. The van der Waals surface area contributed by atoms with Gasteiger partial charge in [0.2, 0.25) is 0 Å². The van der Waals surface area contributed by atoms with E-state index in [0.29, 0.717) is 19.6 Å². The van der Waals surface area contributed by atoms with Crippen LogP contribution in [-0.4, -0.2) is 50.4 Å². The van der Waals surface area contributed by atoms with Gasteiger partial charge >= 0.3 is 14.6 Å². The first-order chi connectivity index (χ1) is 17.1. The molecule has 0 aliphatic rings. The Bertz CT molecular complexity index is 631. The van der Waals surface area contributed by atoms with Crippen LogP contribution in [0.3, 0.4) is 0 Å². The van der Waals surface area contributed by atoms with Gasteiger partial charge in [-0.25, -0.2) is 0 Å². The van der Waals surface area contributed by atoms with Crippen molar-refractivity contribution in [1.82, 2.24) is 5.32 Å². The number of unbranched alkanes of at least 4 members (excludes halogenated alkanes) is 9. The number of nitrogens with one attached hydrogen (secondary N) is 1. The molecule has 0 fully saturated rings. The van der Waals surface area contributed by atoms with Gasteiger partial charge in [0, 0.05) is 19.4 Å². The molecule has 1 rings (SSSR count). The Morgan fingerprint density at radius 1 is 0.914 bits per heavy atom. The molecule has 8 heteroatoms. The molecule has 7 nitrogen and oxygen atoms in total. The van der Waals surface area contributed by atoms with Crippen LogP contribution < -0.4 is 10.1 Å². The third kappa shape index (κ3) is 17.8. The molecule has 0 radical (unpaired) electrons. The second-order valence-electron chi connectivity index (χ2n) is 8.81. The third-order valence-corrected chi connectivity index (χ3v) is 6.44. The van der Waals surface area contributed by atoms with Crippen LogP contribution in [-0.2, 0) is 25.0 Å². The first-order valence-electron chi connectivity index (χ1n) is 13.4. The summed E-state index contributed by atoms with van der Waals surface area (Å²) >= 11 is 0. The van der Waals surface area contributed by atoms with E-state index in [1.54, 1.807) is 14.0 Å². The summed E-state index contributed by atoms with van der Waals surface area (Å²) in [6.07, 6.45) is 13.4. The monoisotopic (exact) mass is 513 g/mol. The summed E-state index contributed by atoms with van der Waals surface area (Å²) in [6.45, 7) is 5.77. The first kappa shape index (κ1) is 31.8. The van der Waals surface area contributed by atoms with Crippen LogP contribution in [0, 0.1) is 0 Å². The number of carbonyl (C=O) groups excluding carboxylic acids is 1. The number of likely N-dealkylation sites (N-methyl/N-ethyl adjacent to an activating group) is 1. The fraction of sp³-hybridized carbons (Fsp3) is 0.741. The van der Waals surface area contributed by atoms with Crippen LogP contribution in [0.1, 0.15) is 90.0 Å². The van der Waals surface area contributed by atoms with Gasteiger partial charge < -0.3 is 28.7 Å². The van der Waals surface area contributed by atoms with E-state index in [4.69, 9.17) is 18.5 Å². The third-order valence-electron chi connectivity index (χ3n) is 5.66. The van der Waals surface area contributed by atoms with Crippen LogP contribution in [0.4, 0.5) is 0 Å². The van der Waals surface area contributed by atoms with Crippen molar-refractivity contribution in [2.45, 2.75) is 97.0 Å². The number of hydrogen-bond donors (Lipinski definition) is 2. The van der Waals surface area contributed by atoms with Gasteiger partial charge in [0.1, 0.15) is 11.9 Å². The minimum absolute atomic E-state index is 0.0739. The molecule has 1 aromatic carbocycles. The van der Waals surface area contributed by atoms with Crippen molar-refractivity contribution in [2.24, 2.45) is 0 Å². The predicted octanol–water partition coefficient (Wildman–Crippen LogP) is 6.32. The average molecular weight is 514 g/mol. The second kappa shape index (κ2) is 22.0. The van der Waals surface area contributed by atoms with Crippen LogP contribution >= 0.6 is 8.60 Å². The molecule has 202 valence electrons. The lowest BCUT2D eigenvalue weighted by Gasteiger charge is -2.19. The number of hydrogen-bond acceptors (Lipinski definition) is 7. The average Bonchev–Trinajstić information content (AvgIpc) is 2.86. The Morgan fingerprint density at radius 2 is 1.54 bits per heavy atom. The van der Waals surface area contributed by atoms with E-state index in [9.17, 15) is 9.69 Å². The lowest BCUT2D eigenvalue weighted by atomic mass is 10.1. The largest absolute Gasteiger partial charge is 0.494 e. The Labute approximate surface area is 214 Å². The molecule has 2 atom stereocenters. The molecule has 2 N–H and O–H groups in total. The molecule has 0 aliphatic heterocycles. The van der Waals surface area contributed by atoms with E-state index in [1.165, 1.54) is 57.8 Å². The van der Waals surface area contributed by atoms with Crippen molar-refractivity contribution < 1.29 is 28.2 Å². The zero-order chi connectivity index (χ0) is 25.6. The molecular formula is C27H48NO6P. The number of rotatable bonds is 23. The summed E-state index contributed by atoms with van der Waals surface area (Å²) < 4.78 is 22.0. The molecule has 0 aliphatic carbocycles. The van der Waals surface area contributed by atoms with Crippen LogP contribution in [0.5, 0.6) is 5.75 Å². The van der Waals surface area contributed by atoms with Gasteiger partial charge in [-0.3, -0.25) is 4.79 Å². The van der Waals surface area contributed by atoms with E-state index in [1.807, 2.05) is 24.3 Å². The van der Waals surface area contributed by atoms with Gasteiger partial charge in [-0.2, -0.15) is 0 Å². The summed E-state index contributed by atoms with van der Waals surface area (Å²) in [7, 11) is -0.199. The number of carbonyl (C=O) groups is 1. The van der Waals surface area contributed by atoms with Gasteiger partial charge in [-0.15, -0.1) is 0 Å². The zero-order valence-electron chi connectivity index (χ0n) is 22.1. The van der Waals surface area contributed by atoms with Crippen LogP contribution in [0.15, 0.2) is 24.3 Å². The molecule has 35 heavy (non-hydrogen) atoms. The molecule has 0 saturated carbocycles. The number of benzene rings is 1. The molecule has 0 heterocycles. The van der Waals surface area contributed by atoms with E-state index >= 15 is 0 Å². The fourth-order valence-corrected chi connectivity index (χ4v) is 4.19. The summed E-state index contributed by atoms with van der Waals surface area (Å²) in [6, 6.07) is 7.85. The molecule has 0 saturated heterocycles. The minimum Gasteiger partial charge on any atom is -0.494 e. The van der Waals surface area contributed by atoms with E-state index < -0.39 is 14.7 Å². The van der Waals surface area contributed by atoms with Crippen LogP contribution in [0.2, 0.25) is 0 Å². The minimum atomic E-state index is -2.00. The van der Waals surface area contributed by atoms with Crippen molar-refractivity contribution in [2.75, 3.05) is 33.4 Å². The molecule has 0 spiro atoms. The van der Waals surface area contributed by atoms with E-state index in [-0.39, 0.29) is 19.0 Å². The fourth-order valence-electron chi connectivity index (χ4n) is 3.58. The van der Waals surface area contributed by atoms with Crippen molar-refractivity contribution >= 4 is 14.6 Å². The van der Waals surface area contributed by atoms with Gasteiger partial charge in [-0.1, -0.05) is 83.8 Å². The highest BCUT2D eigenvalue weighted by atomic mass is 31.2. The maximum Gasteiger partial charge on any atom is 0.330 e.